The maximum absolute atomic E-state index is 13.3. The second kappa shape index (κ2) is 9.47. The summed E-state index contributed by atoms with van der Waals surface area (Å²) in [4.78, 5) is 41.3. The zero-order valence-corrected chi connectivity index (χ0v) is 21.4. The number of non-ortho nitro benzene ring substituents is 1. The van der Waals surface area contributed by atoms with Crippen LogP contribution in [0, 0.1) is 15.5 Å². The van der Waals surface area contributed by atoms with Crippen molar-refractivity contribution in [3.05, 3.63) is 81.0 Å². The number of hydrogen-bond acceptors (Lipinski definition) is 9. The van der Waals surface area contributed by atoms with E-state index in [-0.39, 0.29) is 28.4 Å². The van der Waals surface area contributed by atoms with Gasteiger partial charge in [0.2, 0.25) is 11.1 Å². The Kier molecular flexibility index (Phi) is 6.32. The van der Waals surface area contributed by atoms with Crippen LogP contribution in [0.25, 0.3) is 0 Å². The Labute approximate surface area is 217 Å². The quantitative estimate of drug-likeness (QED) is 0.202. The molecule has 0 saturated carbocycles. The van der Waals surface area contributed by atoms with Crippen LogP contribution < -0.4 is 10.1 Å². The van der Waals surface area contributed by atoms with Crippen LogP contribution in [0.2, 0.25) is 0 Å². The molecular formula is C26H25N5O5S. The van der Waals surface area contributed by atoms with Crippen molar-refractivity contribution in [3.63, 3.8) is 0 Å². The molecular weight excluding hydrogens is 494 g/mol. The van der Waals surface area contributed by atoms with E-state index in [1.54, 1.807) is 48.2 Å². The molecule has 1 aliphatic heterocycles. The lowest BCUT2D eigenvalue weighted by molar-refractivity contribution is -0.384. The molecule has 1 atom stereocenters. The number of ketones is 2. The van der Waals surface area contributed by atoms with Crippen molar-refractivity contribution in [2.24, 2.45) is 5.41 Å². The molecule has 0 bridgehead atoms. The van der Waals surface area contributed by atoms with E-state index in [4.69, 9.17) is 4.74 Å². The van der Waals surface area contributed by atoms with Gasteiger partial charge in [-0.2, -0.15) is 4.98 Å². The molecule has 37 heavy (non-hydrogen) atoms. The van der Waals surface area contributed by atoms with E-state index < -0.39 is 11.0 Å². The smallest absolute Gasteiger partial charge is 0.269 e. The number of carbonyl (C=O) groups excluding carboxylic acids is 2. The van der Waals surface area contributed by atoms with Crippen LogP contribution in [0.15, 0.2) is 65.0 Å². The fraction of sp³-hybridized carbons (Fsp3) is 0.308. The fourth-order valence-corrected chi connectivity index (χ4v) is 5.45. The molecule has 3 aromatic rings. The number of aromatic nitrogens is 3. The lowest BCUT2D eigenvalue weighted by atomic mass is 9.73. The first-order chi connectivity index (χ1) is 17.6. The van der Waals surface area contributed by atoms with Crippen molar-refractivity contribution < 1.29 is 19.2 Å². The van der Waals surface area contributed by atoms with Crippen LogP contribution in [-0.4, -0.2) is 44.1 Å². The van der Waals surface area contributed by atoms with Gasteiger partial charge in [-0.05, 0) is 53.8 Å². The molecule has 5 rings (SSSR count). The van der Waals surface area contributed by atoms with Gasteiger partial charge >= 0.3 is 0 Å². The Morgan fingerprint density at radius 2 is 1.89 bits per heavy atom. The molecule has 2 heterocycles. The molecule has 0 spiro atoms. The van der Waals surface area contributed by atoms with Crippen molar-refractivity contribution in [1.29, 1.82) is 0 Å². The fourth-order valence-electron chi connectivity index (χ4n) is 4.73. The number of rotatable bonds is 7. The third-order valence-corrected chi connectivity index (χ3v) is 7.31. The molecule has 11 heteroatoms. The van der Waals surface area contributed by atoms with Gasteiger partial charge < -0.3 is 10.1 Å². The van der Waals surface area contributed by atoms with Crippen LogP contribution in [0.4, 0.5) is 11.6 Å². The summed E-state index contributed by atoms with van der Waals surface area (Å²) < 4.78 is 6.78. The molecule has 0 fully saturated rings. The van der Waals surface area contributed by atoms with Gasteiger partial charge in [-0.3, -0.25) is 19.7 Å². The monoisotopic (exact) mass is 519 g/mol. The molecule has 1 N–H and O–H groups in total. The predicted molar refractivity (Wildman–Crippen MR) is 138 cm³/mol. The van der Waals surface area contributed by atoms with Crippen molar-refractivity contribution in [2.45, 2.75) is 37.9 Å². The van der Waals surface area contributed by atoms with E-state index in [1.165, 1.54) is 23.9 Å². The van der Waals surface area contributed by atoms with Gasteiger partial charge in [0.25, 0.3) is 5.69 Å². The summed E-state index contributed by atoms with van der Waals surface area (Å²) >= 11 is 1.21. The number of nitrogens with one attached hydrogen (secondary N) is 1. The second-order valence-corrected chi connectivity index (χ2v) is 10.8. The van der Waals surface area contributed by atoms with E-state index in [1.807, 2.05) is 13.8 Å². The van der Waals surface area contributed by atoms with Crippen LogP contribution in [0.3, 0.4) is 0 Å². The number of benzene rings is 2. The zero-order chi connectivity index (χ0) is 26.3. The van der Waals surface area contributed by atoms with Gasteiger partial charge in [0.1, 0.15) is 11.8 Å². The number of nitro groups is 1. The molecule has 2 aromatic carbocycles. The molecule has 1 aliphatic carbocycles. The normalized spacial score (nSPS) is 18.0. The number of ether oxygens (including phenoxy) is 1. The number of nitro benzene ring substituents is 1. The van der Waals surface area contributed by atoms with Gasteiger partial charge in [0.05, 0.1) is 17.8 Å². The average molecular weight is 520 g/mol. The predicted octanol–water partition coefficient (Wildman–Crippen LogP) is 4.83. The zero-order valence-electron chi connectivity index (χ0n) is 20.6. The number of thioether (sulfide) groups is 1. The minimum absolute atomic E-state index is 0.00661. The second-order valence-electron chi connectivity index (χ2n) is 9.81. The van der Waals surface area contributed by atoms with E-state index in [9.17, 15) is 19.7 Å². The Bertz CT molecular complexity index is 1430. The summed E-state index contributed by atoms with van der Waals surface area (Å²) in [6.45, 7) is 4.09. The number of anilines is 1. The van der Waals surface area contributed by atoms with Crippen molar-refractivity contribution in [3.8, 4) is 5.75 Å². The van der Waals surface area contributed by atoms with E-state index in [0.29, 0.717) is 46.4 Å². The molecule has 190 valence electrons. The Hall–Kier alpha value is -3.99. The van der Waals surface area contributed by atoms with Gasteiger partial charge in [0, 0.05) is 35.4 Å². The maximum Gasteiger partial charge on any atom is 0.269 e. The summed E-state index contributed by atoms with van der Waals surface area (Å²) in [5.74, 6) is 1.20. The molecule has 0 saturated heterocycles. The summed E-state index contributed by atoms with van der Waals surface area (Å²) in [6, 6.07) is 12.5. The van der Waals surface area contributed by atoms with Crippen LogP contribution in [0.5, 0.6) is 5.75 Å². The molecule has 0 radical (unpaired) electrons. The van der Waals surface area contributed by atoms with Crippen molar-refractivity contribution >= 4 is 35.0 Å². The van der Waals surface area contributed by atoms with Crippen LogP contribution in [0.1, 0.15) is 48.7 Å². The first kappa shape index (κ1) is 24.7. The van der Waals surface area contributed by atoms with Gasteiger partial charge in [-0.1, -0.05) is 25.6 Å². The number of fused-ring (bicyclic) bond motifs is 1. The highest BCUT2D eigenvalue weighted by Gasteiger charge is 2.42. The van der Waals surface area contributed by atoms with Crippen LogP contribution >= 0.6 is 11.8 Å². The van der Waals surface area contributed by atoms with Gasteiger partial charge in [-0.25, -0.2) is 4.68 Å². The molecule has 10 nitrogen and oxygen atoms in total. The highest BCUT2D eigenvalue weighted by Crippen LogP contribution is 2.45. The Morgan fingerprint density at radius 1 is 1.19 bits per heavy atom. The van der Waals surface area contributed by atoms with E-state index >= 15 is 0 Å². The van der Waals surface area contributed by atoms with Gasteiger partial charge in [-0.15, -0.1) is 5.10 Å². The largest absolute Gasteiger partial charge is 0.497 e. The van der Waals surface area contributed by atoms with E-state index in [0.717, 1.165) is 5.70 Å². The highest BCUT2D eigenvalue weighted by molar-refractivity contribution is 7.99. The minimum Gasteiger partial charge on any atom is -0.497 e. The number of Topliss-reactive ketones (excluding diaryl/α,β-unsaturated/α-hetero) is 2. The lowest BCUT2D eigenvalue weighted by Gasteiger charge is -2.38. The summed E-state index contributed by atoms with van der Waals surface area (Å²) in [7, 11) is 1.57. The maximum atomic E-state index is 13.3. The Morgan fingerprint density at radius 3 is 2.54 bits per heavy atom. The number of nitrogens with zero attached hydrogens (tertiary/aromatic N) is 4. The molecule has 2 aliphatic rings. The number of allylic oxidation sites excluding steroid dienone is 2. The average Bonchev–Trinajstić information content (AvgIpc) is 3.28. The molecule has 0 unspecified atom stereocenters. The topological polar surface area (TPSA) is 129 Å². The SMILES string of the molecule is COc1ccc(C(=O)CSc2nc3n(n2)[C@@H](c2ccc([N+](=O)[O-])cc2)C2=C(CC(C)(C)CC2=O)N3)cc1. The number of methoxy groups -OCH3 is 1. The number of carbonyl (C=O) groups is 2. The molecule has 1 aromatic heterocycles. The first-order valence-electron chi connectivity index (χ1n) is 11.7. The third kappa shape index (κ3) is 4.86. The van der Waals surface area contributed by atoms with Crippen molar-refractivity contribution in [2.75, 3.05) is 18.2 Å². The Balaban J connectivity index is 1.46. The third-order valence-electron chi connectivity index (χ3n) is 6.48. The van der Waals surface area contributed by atoms with E-state index in [2.05, 4.69) is 15.4 Å². The summed E-state index contributed by atoms with van der Waals surface area (Å²) in [6.07, 6.45) is 1.04. The standard InChI is InChI=1S/C26H25N5O5S/c1-26(2)12-19-22(20(32)13-26)23(16-4-8-17(9-5-16)31(34)35)30-24(27-19)28-25(29-30)37-14-21(33)15-6-10-18(36-3)11-7-15/h4-11,23H,12-14H2,1-3H3,(H,27,28,29)/t23-/m0/s1. The minimum atomic E-state index is -0.574. The lowest BCUT2D eigenvalue weighted by Crippen LogP contribution is -2.36. The van der Waals surface area contributed by atoms with Gasteiger partial charge in [0.15, 0.2) is 11.6 Å². The summed E-state index contributed by atoms with van der Waals surface area (Å²) in [5, 5.41) is 19.5. The van der Waals surface area contributed by atoms with Crippen LogP contribution in [-0.2, 0) is 4.79 Å². The first-order valence-corrected chi connectivity index (χ1v) is 12.7. The highest BCUT2D eigenvalue weighted by atomic mass is 32.2. The summed E-state index contributed by atoms with van der Waals surface area (Å²) in [5.41, 5.74) is 2.39. The molecule has 0 amide bonds. The number of hydrogen-bond donors (Lipinski definition) is 1. The van der Waals surface area contributed by atoms with Crippen molar-refractivity contribution in [1.82, 2.24) is 14.8 Å².